The molecule has 1 rings (SSSR count). The van der Waals surface area contributed by atoms with Gasteiger partial charge in [0.15, 0.2) is 0 Å². The number of benzene rings is 1. The molecule has 1 N–H and O–H groups in total. The number of aliphatic hydroxyl groups excluding tert-OH is 1. The second-order valence-electron chi connectivity index (χ2n) is 5.33. The maximum atomic E-state index is 13.3. The quantitative estimate of drug-likeness (QED) is 0.807. The number of hydrogen-bond donors (Lipinski definition) is 1. The fourth-order valence-electron chi connectivity index (χ4n) is 1.97. The number of halogens is 1. The fourth-order valence-corrected chi connectivity index (χ4v) is 1.97. The normalized spacial score (nSPS) is 12.1. The van der Waals surface area contributed by atoms with E-state index in [0.29, 0.717) is 24.5 Å². The molecule has 1 aromatic carbocycles. The van der Waals surface area contributed by atoms with Gasteiger partial charge < -0.3 is 9.84 Å². The minimum absolute atomic E-state index is 0.0135. The van der Waals surface area contributed by atoms with E-state index < -0.39 is 0 Å². The summed E-state index contributed by atoms with van der Waals surface area (Å²) >= 11 is 0. The van der Waals surface area contributed by atoms with Gasteiger partial charge in [0.2, 0.25) is 0 Å². The molecule has 1 aromatic rings. The summed E-state index contributed by atoms with van der Waals surface area (Å²) < 4.78 is 19.1. The van der Waals surface area contributed by atoms with Crippen molar-refractivity contribution in [1.82, 2.24) is 0 Å². The summed E-state index contributed by atoms with van der Waals surface area (Å²) in [5.41, 5.74) is 1.52. The first-order valence-electron chi connectivity index (χ1n) is 7.02. The highest BCUT2D eigenvalue weighted by molar-refractivity contribution is 5.41. The molecule has 0 radical (unpaired) electrons. The molecular formula is C17H23FO2. The smallest absolute Gasteiger partial charge is 0.124 e. The minimum Gasteiger partial charge on any atom is -0.395 e. The van der Waals surface area contributed by atoms with Crippen LogP contribution in [0.25, 0.3) is 0 Å². The summed E-state index contributed by atoms with van der Waals surface area (Å²) in [5.74, 6) is 5.98. The van der Waals surface area contributed by atoms with Crippen molar-refractivity contribution in [1.29, 1.82) is 0 Å². The van der Waals surface area contributed by atoms with Gasteiger partial charge in [-0.2, -0.15) is 0 Å². The van der Waals surface area contributed by atoms with Crippen molar-refractivity contribution in [3.05, 3.63) is 35.1 Å². The SMILES string of the molecule is CC(C)CC(C)OCc1ccc(F)cc1C#CCCO. The van der Waals surface area contributed by atoms with Crippen LogP contribution in [-0.2, 0) is 11.3 Å². The van der Waals surface area contributed by atoms with Gasteiger partial charge in [0, 0.05) is 12.0 Å². The molecule has 0 saturated heterocycles. The Balaban J connectivity index is 2.72. The Labute approximate surface area is 121 Å². The number of hydrogen-bond acceptors (Lipinski definition) is 2. The summed E-state index contributed by atoms with van der Waals surface area (Å²) in [4.78, 5) is 0. The summed E-state index contributed by atoms with van der Waals surface area (Å²) in [6.07, 6.45) is 1.55. The van der Waals surface area contributed by atoms with Crippen LogP contribution in [0.15, 0.2) is 18.2 Å². The van der Waals surface area contributed by atoms with E-state index in [2.05, 4.69) is 25.7 Å². The second-order valence-corrected chi connectivity index (χ2v) is 5.33. The van der Waals surface area contributed by atoms with Crippen LogP contribution in [0.5, 0.6) is 0 Å². The molecule has 0 amide bonds. The fraction of sp³-hybridized carbons (Fsp3) is 0.529. The molecule has 1 unspecified atom stereocenters. The molecule has 0 spiro atoms. The Bertz CT molecular complexity index is 472. The van der Waals surface area contributed by atoms with E-state index in [0.717, 1.165) is 12.0 Å². The number of aliphatic hydroxyl groups is 1. The van der Waals surface area contributed by atoms with Gasteiger partial charge in [-0.05, 0) is 37.0 Å². The van der Waals surface area contributed by atoms with Crippen molar-refractivity contribution in [2.24, 2.45) is 5.92 Å². The molecule has 0 aromatic heterocycles. The molecule has 0 aliphatic rings. The molecule has 110 valence electrons. The first-order valence-corrected chi connectivity index (χ1v) is 7.02. The van der Waals surface area contributed by atoms with Crippen molar-refractivity contribution in [3.8, 4) is 11.8 Å². The van der Waals surface area contributed by atoms with Gasteiger partial charge in [-0.15, -0.1) is 0 Å². The van der Waals surface area contributed by atoms with Crippen molar-refractivity contribution in [3.63, 3.8) is 0 Å². The van der Waals surface area contributed by atoms with Crippen molar-refractivity contribution >= 4 is 0 Å². The van der Waals surface area contributed by atoms with Crippen molar-refractivity contribution in [2.45, 2.75) is 46.3 Å². The van der Waals surface area contributed by atoms with Gasteiger partial charge in [-0.3, -0.25) is 0 Å². The third-order valence-electron chi connectivity index (χ3n) is 2.86. The van der Waals surface area contributed by atoms with Gasteiger partial charge in [0.05, 0.1) is 19.3 Å². The Morgan fingerprint density at radius 3 is 2.70 bits per heavy atom. The second kappa shape index (κ2) is 8.73. The average Bonchev–Trinajstić information content (AvgIpc) is 2.37. The summed E-state index contributed by atoms with van der Waals surface area (Å²) in [5, 5.41) is 8.73. The maximum absolute atomic E-state index is 13.3. The van der Waals surface area contributed by atoms with E-state index in [1.807, 2.05) is 6.92 Å². The van der Waals surface area contributed by atoms with Crippen LogP contribution < -0.4 is 0 Å². The zero-order valence-corrected chi connectivity index (χ0v) is 12.4. The molecule has 0 aliphatic heterocycles. The van der Waals surface area contributed by atoms with Crippen LogP contribution in [0.1, 0.15) is 44.7 Å². The monoisotopic (exact) mass is 278 g/mol. The Morgan fingerprint density at radius 2 is 2.05 bits per heavy atom. The minimum atomic E-state index is -0.308. The van der Waals surface area contributed by atoms with Gasteiger partial charge in [0.1, 0.15) is 5.82 Å². The standard InChI is InChI=1S/C17H23FO2/c1-13(2)10-14(3)20-12-16-7-8-17(18)11-15(16)6-4-5-9-19/h7-8,11,13-14,19H,5,9-10,12H2,1-3H3. The summed E-state index contributed by atoms with van der Waals surface area (Å²) in [7, 11) is 0. The predicted octanol–water partition coefficient (Wildman–Crippen LogP) is 3.51. The van der Waals surface area contributed by atoms with Gasteiger partial charge in [0.25, 0.3) is 0 Å². The zero-order chi connectivity index (χ0) is 15.0. The highest BCUT2D eigenvalue weighted by atomic mass is 19.1. The Kier molecular flexibility index (Phi) is 7.28. The lowest BCUT2D eigenvalue weighted by atomic mass is 10.1. The highest BCUT2D eigenvalue weighted by Gasteiger charge is 2.08. The van der Waals surface area contributed by atoms with Crippen LogP contribution in [0, 0.1) is 23.6 Å². The topological polar surface area (TPSA) is 29.5 Å². The van der Waals surface area contributed by atoms with Gasteiger partial charge >= 0.3 is 0 Å². The van der Waals surface area contributed by atoms with Crippen LogP contribution in [-0.4, -0.2) is 17.8 Å². The average molecular weight is 278 g/mol. The number of ether oxygens (including phenoxy) is 1. The molecule has 3 heteroatoms. The predicted molar refractivity (Wildman–Crippen MR) is 78.7 cm³/mol. The largest absolute Gasteiger partial charge is 0.395 e. The van der Waals surface area contributed by atoms with E-state index in [-0.39, 0.29) is 18.5 Å². The van der Waals surface area contributed by atoms with Crippen LogP contribution in [0.2, 0.25) is 0 Å². The van der Waals surface area contributed by atoms with E-state index in [9.17, 15) is 4.39 Å². The molecule has 0 bridgehead atoms. The third-order valence-corrected chi connectivity index (χ3v) is 2.86. The van der Waals surface area contributed by atoms with Gasteiger partial charge in [-0.1, -0.05) is 31.8 Å². The maximum Gasteiger partial charge on any atom is 0.124 e. The van der Waals surface area contributed by atoms with Crippen LogP contribution in [0.3, 0.4) is 0 Å². The number of rotatable bonds is 6. The third kappa shape index (κ3) is 6.18. The van der Waals surface area contributed by atoms with E-state index in [1.54, 1.807) is 6.07 Å². The van der Waals surface area contributed by atoms with E-state index in [1.165, 1.54) is 12.1 Å². The molecule has 2 nitrogen and oxygen atoms in total. The molecular weight excluding hydrogens is 255 g/mol. The molecule has 0 aliphatic carbocycles. The Hall–Kier alpha value is -1.37. The zero-order valence-electron chi connectivity index (χ0n) is 12.4. The highest BCUT2D eigenvalue weighted by Crippen LogP contribution is 2.15. The van der Waals surface area contributed by atoms with Gasteiger partial charge in [-0.25, -0.2) is 4.39 Å². The van der Waals surface area contributed by atoms with Crippen molar-refractivity contribution < 1.29 is 14.2 Å². The summed E-state index contributed by atoms with van der Waals surface area (Å²) in [6.45, 7) is 6.80. The Morgan fingerprint density at radius 1 is 1.30 bits per heavy atom. The molecule has 20 heavy (non-hydrogen) atoms. The van der Waals surface area contributed by atoms with Crippen LogP contribution >= 0.6 is 0 Å². The van der Waals surface area contributed by atoms with E-state index in [4.69, 9.17) is 9.84 Å². The van der Waals surface area contributed by atoms with Crippen LogP contribution in [0.4, 0.5) is 4.39 Å². The lowest BCUT2D eigenvalue weighted by Crippen LogP contribution is -2.11. The van der Waals surface area contributed by atoms with Crippen molar-refractivity contribution in [2.75, 3.05) is 6.61 Å². The molecule has 1 atom stereocenters. The lowest BCUT2D eigenvalue weighted by Gasteiger charge is -2.15. The first kappa shape index (κ1) is 16.7. The summed E-state index contributed by atoms with van der Waals surface area (Å²) in [6, 6.07) is 4.54. The van der Waals surface area contributed by atoms with E-state index >= 15 is 0 Å². The lowest BCUT2D eigenvalue weighted by molar-refractivity contribution is 0.0396. The first-order chi connectivity index (χ1) is 9.52. The molecule has 0 fully saturated rings. The molecule has 0 saturated carbocycles. The molecule has 0 heterocycles.